The molecule has 0 aliphatic carbocycles. The fourth-order valence-electron chi connectivity index (χ4n) is 2.39. The minimum Gasteiger partial charge on any atom is -0.465 e. The molecule has 26 heavy (non-hydrogen) atoms. The van der Waals surface area contributed by atoms with Crippen LogP contribution in [0.1, 0.15) is 21.9 Å². The lowest BCUT2D eigenvalue weighted by molar-refractivity contribution is 0.0600. The van der Waals surface area contributed by atoms with Crippen molar-refractivity contribution in [2.45, 2.75) is 18.4 Å². The molecule has 142 valence electrons. The molecule has 0 unspecified atom stereocenters. The van der Waals surface area contributed by atoms with Gasteiger partial charge in [-0.3, -0.25) is 0 Å². The lowest BCUT2D eigenvalue weighted by Gasteiger charge is -2.23. The van der Waals surface area contributed by atoms with E-state index in [2.05, 4.69) is 4.74 Å². The van der Waals surface area contributed by atoms with Crippen molar-refractivity contribution in [2.75, 3.05) is 34.3 Å². The standard InChI is InChI=1S/C18H24N2O5S/c1-14-8-9-16(25-14)13-20(11-10-19(2)3)26(22,23)17-7-5-6-15(12-17)18(21)24-4/h5-9,12H,10-11,13H2,1-4H3. The second kappa shape index (κ2) is 8.48. The molecule has 0 aliphatic rings. The van der Waals surface area contributed by atoms with Crippen LogP contribution in [0.3, 0.4) is 0 Å². The molecule has 0 aliphatic heterocycles. The number of hydrogen-bond acceptors (Lipinski definition) is 6. The average Bonchev–Trinajstić information content (AvgIpc) is 3.02. The summed E-state index contributed by atoms with van der Waals surface area (Å²) in [6, 6.07) is 9.41. The number of benzene rings is 1. The third-order valence-electron chi connectivity index (χ3n) is 3.82. The molecular formula is C18H24N2O5S. The van der Waals surface area contributed by atoms with Crippen molar-refractivity contribution in [1.29, 1.82) is 0 Å². The molecule has 0 amide bonds. The van der Waals surface area contributed by atoms with Crippen molar-refractivity contribution < 1.29 is 22.4 Å². The van der Waals surface area contributed by atoms with Crippen LogP contribution in [0.25, 0.3) is 0 Å². The third kappa shape index (κ3) is 4.94. The first-order valence-corrected chi connectivity index (χ1v) is 9.56. The Morgan fingerprint density at radius 1 is 1.15 bits per heavy atom. The Bertz CT molecular complexity index is 858. The van der Waals surface area contributed by atoms with Gasteiger partial charge < -0.3 is 14.1 Å². The van der Waals surface area contributed by atoms with Gasteiger partial charge in [-0.05, 0) is 51.4 Å². The zero-order valence-corrected chi connectivity index (χ0v) is 16.2. The van der Waals surface area contributed by atoms with Gasteiger partial charge >= 0.3 is 5.97 Å². The van der Waals surface area contributed by atoms with Crippen LogP contribution >= 0.6 is 0 Å². The van der Waals surface area contributed by atoms with Crippen LogP contribution in [0.4, 0.5) is 0 Å². The Hall–Kier alpha value is -2.16. The highest BCUT2D eigenvalue weighted by molar-refractivity contribution is 7.89. The van der Waals surface area contributed by atoms with Gasteiger partial charge in [-0.1, -0.05) is 6.07 Å². The minimum atomic E-state index is -3.81. The maximum Gasteiger partial charge on any atom is 0.337 e. The fraction of sp³-hybridized carbons (Fsp3) is 0.389. The first kappa shape index (κ1) is 20.2. The Balaban J connectivity index is 2.36. The second-order valence-electron chi connectivity index (χ2n) is 6.17. The Labute approximate surface area is 154 Å². The van der Waals surface area contributed by atoms with Crippen molar-refractivity contribution in [3.8, 4) is 0 Å². The molecule has 2 aromatic rings. The van der Waals surface area contributed by atoms with Crippen molar-refractivity contribution >= 4 is 16.0 Å². The normalized spacial score (nSPS) is 11.9. The van der Waals surface area contributed by atoms with Gasteiger partial charge in [0, 0.05) is 13.1 Å². The monoisotopic (exact) mass is 380 g/mol. The number of aryl methyl sites for hydroxylation is 1. The number of ether oxygens (including phenoxy) is 1. The second-order valence-corrected chi connectivity index (χ2v) is 8.11. The molecule has 8 heteroatoms. The van der Waals surface area contributed by atoms with Crippen LogP contribution < -0.4 is 0 Å². The summed E-state index contributed by atoms with van der Waals surface area (Å²) in [7, 11) is 1.19. The van der Waals surface area contributed by atoms with Gasteiger partial charge in [0.1, 0.15) is 11.5 Å². The van der Waals surface area contributed by atoms with E-state index in [9.17, 15) is 13.2 Å². The highest BCUT2D eigenvalue weighted by Crippen LogP contribution is 2.21. The van der Waals surface area contributed by atoms with Gasteiger partial charge in [0.2, 0.25) is 10.0 Å². The van der Waals surface area contributed by atoms with E-state index in [4.69, 9.17) is 4.42 Å². The van der Waals surface area contributed by atoms with E-state index in [0.717, 1.165) is 5.76 Å². The summed E-state index contributed by atoms with van der Waals surface area (Å²) < 4.78 is 37.8. The van der Waals surface area contributed by atoms with Crippen LogP contribution in [0.15, 0.2) is 45.7 Å². The van der Waals surface area contributed by atoms with E-state index < -0.39 is 16.0 Å². The minimum absolute atomic E-state index is 0.0439. The summed E-state index contributed by atoms with van der Waals surface area (Å²) in [6.45, 7) is 2.77. The zero-order chi connectivity index (χ0) is 19.3. The van der Waals surface area contributed by atoms with Gasteiger partial charge in [0.15, 0.2) is 0 Å². The number of furan rings is 1. The number of carbonyl (C=O) groups excluding carboxylic acids is 1. The SMILES string of the molecule is COC(=O)c1cccc(S(=O)(=O)N(CCN(C)C)Cc2ccc(C)o2)c1. The topological polar surface area (TPSA) is 80.1 Å². The molecule has 0 saturated heterocycles. The number of likely N-dealkylation sites (N-methyl/N-ethyl adjacent to an activating group) is 1. The van der Waals surface area contributed by atoms with Crippen molar-refractivity contribution in [2.24, 2.45) is 0 Å². The first-order valence-electron chi connectivity index (χ1n) is 8.12. The average molecular weight is 380 g/mol. The molecule has 1 heterocycles. The Morgan fingerprint density at radius 3 is 2.46 bits per heavy atom. The van der Waals surface area contributed by atoms with Crippen LogP contribution in [0, 0.1) is 6.92 Å². The number of methoxy groups -OCH3 is 1. The number of esters is 1. The number of nitrogens with zero attached hydrogens (tertiary/aromatic N) is 2. The van der Waals surface area contributed by atoms with E-state index in [0.29, 0.717) is 12.3 Å². The van der Waals surface area contributed by atoms with Gasteiger partial charge in [-0.15, -0.1) is 0 Å². The van der Waals surface area contributed by atoms with E-state index >= 15 is 0 Å². The molecule has 0 fully saturated rings. The fourth-order valence-corrected chi connectivity index (χ4v) is 3.83. The van der Waals surface area contributed by atoms with E-state index in [1.807, 2.05) is 25.9 Å². The molecule has 1 aromatic heterocycles. The maximum absolute atomic E-state index is 13.1. The predicted molar refractivity (Wildman–Crippen MR) is 97.4 cm³/mol. The smallest absolute Gasteiger partial charge is 0.337 e. The molecule has 7 nitrogen and oxygen atoms in total. The highest BCUT2D eigenvalue weighted by atomic mass is 32.2. The lowest BCUT2D eigenvalue weighted by Crippen LogP contribution is -2.36. The number of sulfonamides is 1. The summed E-state index contributed by atoms with van der Waals surface area (Å²) >= 11 is 0. The molecule has 0 N–H and O–H groups in total. The van der Waals surface area contributed by atoms with Crippen LogP contribution in [0.5, 0.6) is 0 Å². The maximum atomic E-state index is 13.1. The van der Waals surface area contributed by atoms with Crippen LogP contribution in [0.2, 0.25) is 0 Å². The molecule has 0 saturated carbocycles. The van der Waals surface area contributed by atoms with Gasteiger partial charge in [0.05, 0.1) is 24.1 Å². The predicted octanol–water partition coefficient (Wildman–Crippen LogP) is 2.13. The van der Waals surface area contributed by atoms with E-state index in [1.54, 1.807) is 12.1 Å². The van der Waals surface area contributed by atoms with Gasteiger partial charge in [-0.25, -0.2) is 13.2 Å². The summed E-state index contributed by atoms with van der Waals surface area (Å²) in [5.74, 6) is 0.704. The lowest BCUT2D eigenvalue weighted by atomic mass is 10.2. The first-order chi connectivity index (χ1) is 12.2. The molecule has 2 rings (SSSR count). The van der Waals surface area contributed by atoms with E-state index in [-0.39, 0.29) is 23.5 Å². The Morgan fingerprint density at radius 2 is 1.88 bits per heavy atom. The number of hydrogen-bond donors (Lipinski definition) is 0. The Kier molecular flexibility index (Phi) is 6.57. The largest absolute Gasteiger partial charge is 0.465 e. The summed E-state index contributed by atoms with van der Waals surface area (Å²) in [6.07, 6.45) is 0. The van der Waals surface area contributed by atoms with Crippen molar-refractivity contribution in [1.82, 2.24) is 9.21 Å². The third-order valence-corrected chi connectivity index (χ3v) is 5.66. The van der Waals surface area contributed by atoms with Gasteiger partial charge in [0.25, 0.3) is 0 Å². The van der Waals surface area contributed by atoms with Crippen LogP contribution in [-0.4, -0.2) is 57.9 Å². The van der Waals surface area contributed by atoms with Crippen molar-refractivity contribution in [3.05, 3.63) is 53.5 Å². The zero-order valence-electron chi connectivity index (χ0n) is 15.4. The van der Waals surface area contributed by atoms with E-state index in [1.165, 1.54) is 35.7 Å². The van der Waals surface area contributed by atoms with Crippen LogP contribution in [-0.2, 0) is 21.3 Å². The van der Waals surface area contributed by atoms with Gasteiger partial charge in [-0.2, -0.15) is 4.31 Å². The molecule has 0 radical (unpaired) electrons. The molecule has 1 aromatic carbocycles. The highest BCUT2D eigenvalue weighted by Gasteiger charge is 2.26. The number of rotatable bonds is 8. The molecule has 0 bridgehead atoms. The quantitative estimate of drug-likeness (QED) is 0.653. The van der Waals surface area contributed by atoms with Crippen molar-refractivity contribution in [3.63, 3.8) is 0 Å². The molecular weight excluding hydrogens is 356 g/mol. The summed E-state index contributed by atoms with van der Waals surface area (Å²) in [5.41, 5.74) is 0.190. The number of carbonyl (C=O) groups is 1. The molecule has 0 spiro atoms. The summed E-state index contributed by atoms with van der Waals surface area (Å²) in [5, 5.41) is 0. The summed E-state index contributed by atoms with van der Waals surface area (Å²) in [4.78, 5) is 13.7. The molecule has 0 atom stereocenters.